The van der Waals surface area contributed by atoms with E-state index < -0.39 is 0 Å². The molecule has 2 rings (SSSR count). The number of carbonyl (C=O) groups excluding carboxylic acids is 1. The van der Waals surface area contributed by atoms with Crippen LogP contribution in [0.1, 0.15) is 23.3 Å². The lowest BCUT2D eigenvalue weighted by Gasteiger charge is -2.24. The Balaban J connectivity index is 2.32. The first kappa shape index (κ1) is 14.3. The molecule has 0 bridgehead atoms. The number of furan rings is 1. The molecule has 1 aromatic carbocycles. The second-order valence-corrected chi connectivity index (χ2v) is 4.89. The standard InChI is InChI=1S/C16H20N2O2/c1-12-5-6-15(13(2)10-12)18(16(19)7-8-17)11-14-4-3-9-20-14/h3-6,9-10H,7-8,11,17H2,1-2H3. The summed E-state index contributed by atoms with van der Waals surface area (Å²) in [4.78, 5) is 14.0. The zero-order chi connectivity index (χ0) is 14.5. The summed E-state index contributed by atoms with van der Waals surface area (Å²) >= 11 is 0. The lowest BCUT2D eigenvalue weighted by molar-refractivity contribution is -0.118. The van der Waals surface area contributed by atoms with Crippen LogP contribution < -0.4 is 10.6 Å². The zero-order valence-corrected chi connectivity index (χ0v) is 11.9. The molecule has 1 aromatic heterocycles. The van der Waals surface area contributed by atoms with Crippen LogP contribution in [0.5, 0.6) is 0 Å². The summed E-state index contributed by atoms with van der Waals surface area (Å²) in [6, 6.07) is 9.74. The lowest BCUT2D eigenvalue weighted by atomic mass is 10.1. The molecular formula is C16H20N2O2. The summed E-state index contributed by atoms with van der Waals surface area (Å²) in [7, 11) is 0. The minimum atomic E-state index is 0.0100. The predicted octanol–water partition coefficient (Wildman–Crippen LogP) is 2.78. The van der Waals surface area contributed by atoms with E-state index in [0.717, 1.165) is 17.0 Å². The molecule has 0 atom stereocenters. The van der Waals surface area contributed by atoms with Crippen molar-refractivity contribution in [1.29, 1.82) is 0 Å². The Morgan fingerprint density at radius 1 is 1.30 bits per heavy atom. The molecule has 0 unspecified atom stereocenters. The van der Waals surface area contributed by atoms with Gasteiger partial charge in [0.2, 0.25) is 5.91 Å². The molecule has 0 aliphatic rings. The van der Waals surface area contributed by atoms with E-state index in [2.05, 4.69) is 6.07 Å². The zero-order valence-electron chi connectivity index (χ0n) is 11.9. The molecule has 0 aliphatic carbocycles. The van der Waals surface area contributed by atoms with Gasteiger partial charge in [-0.25, -0.2) is 0 Å². The fourth-order valence-electron chi connectivity index (χ4n) is 2.23. The van der Waals surface area contributed by atoms with E-state index in [9.17, 15) is 4.79 Å². The topological polar surface area (TPSA) is 59.5 Å². The molecule has 2 N–H and O–H groups in total. The molecule has 0 radical (unpaired) electrons. The molecule has 4 heteroatoms. The van der Waals surface area contributed by atoms with E-state index in [1.807, 2.05) is 38.1 Å². The maximum atomic E-state index is 12.3. The molecule has 20 heavy (non-hydrogen) atoms. The highest BCUT2D eigenvalue weighted by atomic mass is 16.3. The average molecular weight is 272 g/mol. The summed E-state index contributed by atoms with van der Waals surface area (Å²) in [6.45, 7) is 4.82. The second-order valence-electron chi connectivity index (χ2n) is 4.89. The van der Waals surface area contributed by atoms with Gasteiger partial charge in [-0.1, -0.05) is 17.7 Å². The van der Waals surface area contributed by atoms with Gasteiger partial charge in [-0.15, -0.1) is 0 Å². The van der Waals surface area contributed by atoms with Crippen LogP contribution >= 0.6 is 0 Å². The first-order valence-corrected chi connectivity index (χ1v) is 6.72. The number of rotatable bonds is 5. The van der Waals surface area contributed by atoms with E-state index in [0.29, 0.717) is 19.5 Å². The minimum Gasteiger partial charge on any atom is -0.467 e. The number of nitrogens with zero attached hydrogens (tertiary/aromatic N) is 1. The number of hydrogen-bond acceptors (Lipinski definition) is 3. The van der Waals surface area contributed by atoms with Gasteiger partial charge in [0, 0.05) is 18.7 Å². The van der Waals surface area contributed by atoms with Crippen LogP contribution in [-0.4, -0.2) is 12.5 Å². The number of amides is 1. The Labute approximate surface area is 119 Å². The summed E-state index contributed by atoms with van der Waals surface area (Å²) in [5.41, 5.74) is 8.67. The highest BCUT2D eigenvalue weighted by molar-refractivity contribution is 5.94. The quantitative estimate of drug-likeness (QED) is 0.910. The van der Waals surface area contributed by atoms with Gasteiger partial charge in [0.25, 0.3) is 0 Å². The van der Waals surface area contributed by atoms with E-state index in [1.54, 1.807) is 11.2 Å². The third-order valence-electron chi connectivity index (χ3n) is 3.20. The molecule has 1 amide bonds. The van der Waals surface area contributed by atoms with Crippen molar-refractivity contribution in [2.24, 2.45) is 5.73 Å². The highest BCUT2D eigenvalue weighted by Crippen LogP contribution is 2.24. The number of nitrogens with two attached hydrogens (primary N) is 1. The van der Waals surface area contributed by atoms with Gasteiger partial charge >= 0.3 is 0 Å². The molecule has 1 heterocycles. The Bertz CT molecular complexity index is 576. The Morgan fingerprint density at radius 3 is 2.70 bits per heavy atom. The summed E-state index contributed by atoms with van der Waals surface area (Å²) < 4.78 is 5.35. The van der Waals surface area contributed by atoms with Crippen LogP contribution in [0.2, 0.25) is 0 Å². The molecule has 0 spiro atoms. The van der Waals surface area contributed by atoms with E-state index in [4.69, 9.17) is 10.2 Å². The number of hydrogen-bond donors (Lipinski definition) is 1. The van der Waals surface area contributed by atoms with E-state index >= 15 is 0 Å². The van der Waals surface area contributed by atoms with Crippen LogP contribution in [0.25, 0.3) is 0 Å². The van der Waals surface area contributed by atoms with Gasteiger partial charge in [-0.2, -0.15) is 0 Å². The maximum Gasteiger partial charge on any atom is 0.228 e. The fraction of sp³-hybridized carbons (Fsp3) is 0.312. The molecule has 106 valence electrons. The number of carbonyl (C=O) groups is 1. The number of aryl methyl sites for hydroxylation is 2. The smallest absolute Gasteiger partial charge is 0.228 e. The lowest BCUT2D eigenvalue weighted by Crippen LogP contribution is -2.32. The summed E-state index contributed by atoms with van der Waals surface area (Å²) in [5, 5.41) is 0. The van der Waals surface area contributed by atoms with Crippen molar-refractivity contribution >= 4 is 11.6 Å². The molecule has 0 saturated carbocycles. The van der Waals surface area contributed by atoms with Crippen LogP contribution in [0.15, 0.2) is 41.0 Å². The van der Waals surface area contributed by atoms with Crippen LogP contribution in [0.3, 0.4) is 0 Å². The van der Waals surface area contributed by atoms with Crippen LogP contribution in [0, 0.1) is 13.8 Å². The Hall–Kier alpha value is -2.07. The minimum absolute atomic E-state index is 0.0100. The molecule has 0 aliphatic heterocycles. The second kappa shape index (κ2) is 6.39. The number of anilines is 1. The fourth-order valence-corrected chi connectivity index (χ4v) is 2.23. The van der Waals surface area contributed by atoms with Crippen LogP contribution in [0.4, 0.5) is 5.69 Å². The van der Waals surface area contributed by atoms with Crippen LogP contribution in [-0.2, 0) is 11.3 Å². The molecule has 4 nitrogen and oxygen atoms in total. The number of benzene rings is 1. The molecular weight excluding hydrogens is 252 g/mol. The van der Waals surface area contributed by atoms with Crippen molar-refractivity contribution in [3.05, 3.63) is 53.5 Å². The highest BCUT2D eigenvalue weighted by Gasteiger charge is 2.18. The first-order valence-electron chi connectivity index (χ1n) is 6.72. The van der Waals surface area contributed by atoms with Gasteiger partial charge in [0.1, 0.15) is 5.76 Å². The largest absolute Gasteiger partial charge is 0.467 e. The first-order chi connectivity index (χ1) is 9.61. The van der Waals surface area contributed by atoms with Crippen molar-refractivity contribution in [2.75, 3.05) is 11.4 Å². The van der Waals surface area contributed by atoms with E-state index in [1.165, 1.54) is 5.56 Å². The predicted molar refractivity (Wildman–Crippen MR) is 79.5 cm³/mol. The van der Waals surface area contributed by atoms with Crippen molar-refractivity contribution in [3.63, 3.8) is 0 Å². The van der Waals surface area contributed by atoms with E-state index in [-0.39, 0.29) is 5.91 Å². The molecule has 0 fully saturated rings. The van der Waals surface area contributed by atoms with Crippen molar-refractivity contribution in [3.8, 4) is 0 Å². The SMILES string of the molecule is Cc1ccc(N(Cc2ccco2)C(=O)CCN)c(C)c1. The maximum absolute atomic E-state index is 12.3. The average Bonchev–Trinajstić information content (AvgIpc) is 2.90. The van der Waals surface area contributed by atoms with Gasteiger partial charge in [0.15, 0.2) is 0 Å². The van der Waals surface area contributed by atoms with Crippen molar-refractivity contribution in [1.82, 2.24) is 0 Å². The Kier molecular flexibility index (Phi) is 4.58. The van der Waals surface area contributed by atoms with Gasteiger partial charge in [-0.3, -0.25) is 4.79 Å². The monoisotopic (exact) mass is 272 g/mol. The van der Waals surface area contributed by atoms with Gasteiger partial charge in [0.05, 0.1) is 12.8 Å². The molecule has 2 aromatic rings. The normalized spacial score (nSPS) is 10.6. The summed E-state index contributed by atoms with van der Waals surface area (Å²) in [5.74, 6) is 0.770. The van der Waals surface area contributed by atoms with Gasteiger partial charge in [-0.05, 0) is 37.6 Å². The van der Waals surface area contributed by atoms with Crippen molar-refractivity contribution in [2.45, 2.75) is 26.8 Å². The molecule has 0 saturated heterocycles. The third kappa shape index (κ3) is 3.27. The van der Waals surface area contributed by atoms with Crippen molar-refractivity contribution < 1.29 is 9.21 Å². The summed E-state index contributed by atoms with van der Waals surface area (Å²) in [6.07, 6.45) is 1.94. The Morgan fingerprint density at radius 2 is 2.10 bits per heavy atom. The van der Waals surface area contributed by atoms with Gasteiger partial charge < -0.3 is 15.1 Å². The third-order valence-corrected chi connectivity index (χ3v) is 3.20.